The quantitative estimate of drug-likeness (QED) is 0.671. The third kappa shape index (κ3) is 2.37. The van der Waals surface area contributed by atoms with Crippen LogP contribution in [0.2, 0.25) is 0 Å². The number of rotatable bonds is 2. The van der Waals surface area contributed by atoms with E-state index >= 15 is 0 Å². The van der Waals surface area contributed by atoms with Gasteiger partial charge in [0, 0.05) is 0 Å². The van der Waals surface area contributed by atoms with Gasteiger partial charge in [-0.05, 0) is 17.7 Å². The molecule has 0 saturated heterocycles. The summed E-state index contributed by atoms with van der Waals surface area (Å²) in [5.41, 5.74) is 5.48. The summed E-state index contributed by atoms with van der Waals surface area (Å²) in [6.45, 7) is 0. The molecule has 2 N–H and O–H groups in total. The van der Waals surface area contributed by atoms with Gasteiger partial charge in [-0.15, -0.1) is 0 Å². The Kier molecular flexibility index (Phi) is 2.21. The number of hydrogen-bond donors (Lipinski definition) is 1. The van der Waals surface area contributed by atoms with Gasteiger partial charge < -0.3 is 5.73 Å². The Morgan fingerprint density at radius 3 is 2.36 bits per heavy atom. The van der Waals surface area contributed by atoms with Crippen molar-refractivity contribution in [3.63, 3.8) is 0 Å². The predicted molar refractivity (Wildman–Crippen MR) is 39.0 cm³/mol. The van der Waals surface area contributed by atoms with Gasteiger partial charge in [-0.2, -0.15) is 0 Å². The summed E-state index contributed by atoms with van der Waals surface area (Å²) in [6, 6.07) is 5.52. The van der Waals surface area contributed by atoms with Gasteiger partial charge in [0.2, 0.25) is 5.91 Å². The molecule has 0 fully saturated rings. The van der Waals surface area contributed by atoms with Crippen LogP contribution in [0, 0.1) is 12.2 Å². The largest absolute Gasteiger partial charge is 0.369 e. The van der Waals surface area contributed by atoms with E-state index in [9.17, 15) is 9.18 Å². The highest BCUT2D eigenvalue weighted by Gasteiger charge is 1.97. The van der Waals surface area contributed by atoms with Crippen LogP contribution in [0.25, 0.3) is 0 Å². The van der Waals surface area contributed by atoms with Gasteiger partial charge in [-0.25, -0.2) is 4.39 Å². The molecule has 1 rings (SSSR count). The van der Waals surface area contributed by atoms with Crippen LogP contribution in [-0.2, 0) is 4.79 Å². The maximum Gasteiger partial charge on any atom is 0.226 e. The van der Waals surface area contributed by atoms with Crippen molar-refractivity contribution in [2.75, 3.05) is 0 Å². The van der Waals surface area contributed by atoms with Crippen LogP contribution in [0.1, 0.15) is 5.56 Å². The van der Waals surface area contributed by atoms with Crippen molar-refractivity contribution >= 4 is 5.91 Å². The molecule has 3 heteroatoms. The van der Waals surface area contributed by atoms with E-state index in [1.54, 1.807) is 0 Å². The maximum absolute atomic E-state index is 12.3. The van der Waals surface area contributed by atoms with E-state index in [0.29, 0.717) is 5.56 Å². The van der Waals surface area contributed by atoms with Crippen molar-refractivity contribution in [3.8, 4) is 0 Å². The zero-order valence-corrected chi connectivity index (χ0v) is 5.75. The van der Waals surface area contributed by atoms with Crippen LogP contribution < -0.4 is 5.73 Å². The number of hydrogen-bond acceptors (Lipinski definition) is 1. The molecule has 1 radical (unpaired) electrons. The van der Waals surface area contributed by atoms with Gasteiger partial charge in [-0.1, -0.05) is 12.1 Å². The molecule has 0 saturated carbocycles. The number of benzene rings is 1. The summed E-state index contributed by atoms with van der Waals surface area (Å²) in [5.74, 6) is -0.858. The zero-order chi connectivity index (χ0) is 8.27. The summed E-state index contributed by atoms with van der Waals surface area (Å²) in [5, 5.41) is 0. The second-order valence-electron chi connectivity index (χ2n) is 2.10. The minimum atomic E-state index is -0.531. The zero-order valence-electron chi connectivity index (χ0n) is 5.75. The van der Waals surface area contributed by atoms with Gasteiger partial charge >= 0.3 is 0 Å². The fraction of sp³-hybridized carbons (Fsp3) is 0. The molecular formula is C8H7FNO. The Balaban J connectivity index is 2.74. The first-order valence-electron chi connectivity index (χ1n) is 3.08. The van der Waals surface area contributed by atoms with Crippen molar-refractivity contribution in [2.45, 2.75) is 0 Å². The van der Waals surface area contributed by atoms with Crippen LogP contribution in [0.3, 0.4) is 0 Å². The van der Waals surface area contributed by atoms with Gasteiger partial charge in [-0.3, -0.25) is 4.79 Å². The number of nitrogens with two attached hydrogens (primary N) is 1. The first-order valence-corrected chi connectivity index (χ1v) is 3.08. The molecule has 11 heavy (non-hydrogen) atoms. The molecule has 0 aliphatic heterocycles. The second-order valence-corrected chi connectivity index (χ2v) is 2.10. The van der Waals surface area contributed by atoms with Gasteiger partial charge in [0.1, 0.15) is 5.82 Å². The normalized spacial score (nSPS) is 9.55. The standard InChI is InChI=1S/C8H7FNO/c9-7-3-1-6(2-4-7)5-8(10)11/h1-5H,(H2,10,11). The topological polar surface area (TPSA) is 43.1 Å². The molecular weight excluding hydrogens is 145 g/mol. The van der Waals surface area contributed by atoms with Gasteiger partial charge in [0.15, 0.2) is 0 Å². The monoisotopic (exact) mass is 152 g/mol. The average molecular weight is 152 g/mol. The molecule has 1 aromatic rings. The molecule has 0 aliphatic carbocycles. The molecule has 57 valence electrons. The van der Waals surface area contributed by atoms with Crippen LogP contribution in [0.5, 0.6) is 0 Å². The van der Waals surface area contributed by atoms with Crippen molar-refractivity contribution in [1.82, 2.24) is 0 Å². The third-order valence-corrected chi connectivity index (χ3v) is 1.18. The van der Waals surface area contributed by atoms with E-state index in [1.807, 2.05) is 0 Å². The maximum atomic E-state index is 12.3. The Labute approximate surface area is 63.8 Å². The molecule has 0 bridgehead atoms. The molecule has 0 atom stereocenters. The smallest absolute Gasteiger partial charge is 0.226 e. The molecule has 1 aromatic carbocycles. The van der Waals surface area contributed by atoms with Crippen LogP contribution in [0.4, 0.5) is 4.39 Å². The lowest BCUT2D eigenvalue weighted by Crippen LogP contribution is -2.11. The lowest BCUT2D eigenvalue weighted by atomic mass is 10.1. The molecule has 0 aliphatic rings. The van der Waals surface area contributed by atoms with Gasteiger partial charge in [0.25, 0.3) is 0 Å². The lowest BCUT2D eigenvalue weighted by Gasteiger charge is -1.94. The fourth-order valence-electron chi connectivity index (χ4n) is 0.723. The fourth-order valence-corrected chi connectivity index (χ4v) is 0.723. The highest BCUT2D eigenvalue weighted by Crippen LogP contribution is 2.03. The van der Waals surface area contributed by atoms with E-state index in [0.717, 1.165) is 0 Å². The first-order chi connectivity index (χ1) is 5.18. The van der Waals surface area contributed by atoms with E-state index in [1.165, 1.54) is 30.7 Å². The summed E-state index contributed by atoms with van der Waals surface area (Å²) >= 11 is 0. The van der Waals surface area contributed by atoms with Crippen molar-refractivity contribution in [2.24, 2.45) is 5.73 Å². The van der Waals surface area contributed by atoms with E-state index in [-0.39, 0.29) is 5.82 Å². The Morgan fingerprint density at radius 2 is 1.91 bits per heavy atom. The highest BCUT2D eigenvalue weighted by molar-refractivity contribution is 5.86. The first kappa shape index (κ1) is 7.72. The Bertz CT molecular complexity index is 255. The van der Waals surface area contributed by atoms with Crippen molar-refractivity contribution < 1.29 is 9.18 Å². The Morgan fingerprint density at radius 1 is 1.36 bits per heavy atom. The molecule has 0 aromatic heterocycles. The number of carbonyl (C=O) groups is 1. The average Bonchev–Trinajstić information content (AvgIpc) is 1.93. The summed E-state index contributed by atoms with van der Waals surface area (Å²) in [6.07, 6.45) is 1.24. The molecule has 0 heterocycles. The van der Waals surface area contributed by atoms with Gasteiger partial charge in [0.05, 0.1) is 6.42 Å². The highest BCUT2D eigenvalue weighted by atomic mass is 19.1. The molecule has 2 nitrogen and oxygen atoms in total. The number of halogens is 1. The number of amides is 1. The predicted octanol–water partition coefficient (Wildman–Crippen LogP) is 0.863. The van der Waals surface area contributed by atoms with Crippen LogP contribution in [-0.4, -0.2) is 5.91 Å². The van der Waals surface area contributed by atoms with E-state index in [2.05, 4.69) is 0 Å². The minimum Gasteiger partial charge on any atom is -0.369 e. The lowest BCUT2D eigenvalue weighted by molar-refractivity contribution is -0.114. The third-order valence-electron chi connectivity index (χ3n) is 1.18. The molecule has 1 amide bonds. The summed E-state index contributed by atoms with van der Waals surface area (Å²) in [7, 11) is 0. The molecule has 0 unspecified atom stereocenters. The number of carbonyl (C=O) groups excluding carboxylic acids is 1. The van der Waals surface area contributed by atoms with E-state index in [4.69, 9.17) is 5.73 Å². The van der Waals surface area contributed by atoms with Crippen molar-refractivity contribution in [3.05, 3.63) is 42.1 Å². The van der Waals surface area contributed by atoms with Crippen LogP contribution >= 0.6 is 0 Å². The molecule has 0 spiro atoms. The number of primary amides is 1. The van der Waals surface area contributed by atoms with Crippen LogP contribution in [0.15, 0.2) is 24.3 Å². The summed E-state index contributed by atoms with van der Waals surface area (Å²) < 4.78 is 12.3. The Hall–Kier alpha value is -1.38. The van der Waals surface area contributed by atoms with E-state index < -0.39 is 5.91 Å². The van der Waals surface area contributed by atoms with Crippen molar-refractivity contribution in [1.29, 1.82) is 0 Å². The minimum absolute atomic E-state index is 0.327. The SMILES string of the molecule is NC(=O)[CH]c1ccc(F)cc1. The second kappa shape index (κ2) is 3.14. The summed E-state index contributed by atoms with van der Waals surface area (Å²) in [4.78, 5) is 10.3.